The van der Waals surface area contributed by atoms with Crippen LogP contribution in [0, 0.1) is 0 Å². The Bertz CT molecular complexity index is 973. The summed E-state index contributed by atoms with van der Waals surface area (Å²) < 4.78 is 22.2. The van der Waals surface area contributed by atoms with Crippen molar-refractivity contribution in [3.05, 3.63) is 66.7 Å². The Morgan fingerprint density at radius 1 is 0.919 bits per heavy atom. The van der Waals surface area contributed by atoms with Gasteiger partial charge in [-0.3, -0.25) is 4.79 Å². The first kappa shape index (κ1) is 28.5. The Balaban J connectivity index is 1.13. The maximum Gasteiger partial charge on any atom is 0.305 e. The number of hydrogen-bond acceptors (Lipinski definition) is 7. The topological polar surface area (TPSA) is 78.7 Å². The lowest BCUT2D eigenvalue weighted by Crippen LogP contribution is -2.25. The lowest BCUT2D eigenvalue weighted by atomic mass is 10.1. The van der Waals surface area contributed by atoms with Gasteiger partial charge in [0.1, 0.15) is 18.5 Å². The summed E-state index contributed by atoms with van der Waals surface area (Å²) in [5, 5.41) is 8.46. The Morgan fingerprint density at radius 2 is 1.59 bits per heavy atom. The van der Waals surface area contributed by atoms with Crippen molar-refractivity contribution < 1.29 is 23.7 Å². The normalized spacial score (nSPS) is 17.0. The molecule has 7 heteroatoms. The number of rotatable bonds is 16. The van der Waals surface area contributed by atoms with E-state index in [1.807, 2.05) is 68.4 Å². The van der Waals surface area contributed by atoms with E-state index >= 15 is 0 Å². The predicted octanol–water partition coefficient (Wildman–Crippen LogP) is 7.85. The molecule has 1 saturated heterocycles. The second-order valence-corrected chi connectivity index (χ2v) is 9.58. The van der Waals surface area contributed by atoms with Crippen LogP contribution in [-0.4, -0.2) is 37.7 Å². The lowest BCUT2D eigenvalue weighted by molar-refractivity contribution is -0.158. The summed E-state index contributed by atoms with van der Waals surface area (Å²) in [4.78, 5) is 11.9. The SMILES string of the molecule is CC1(C)OCC(COC(=O)CCCCCCCC=CCCOc2ccc(N=Nc3ccccc3)cc2)O1. The number of ether oxygens (including phenoxy) is 4. The molecule has 3 rings (SSSR count). The molecular weight excluding hydrogens is 468 g/mol. The fourth-order valence-corrected chi connectivity index (χ4v) is 3.86. The van der Waals surface area contributed by atoms with Gasteiger partial charge in [-0.15, -0.1) is 0 Å². The highest BCUT2D eigenvalue weighted by atomic mass is 16.7. The molecule has 0 bridgehead atoms. The molecule has 0 spiro atoms. The average molecular weight is 509 g/mol. The minimum atomic E-state index is -0.579. The summed E-state index contributed by atoms with van der Waals surface area (Å²) in [7, 11) is 0. The van der Waals surface area contributed by atoms with E-state index in [4.69, 9.17) is 18.9 Å². The lowest BCUT2D eigenvalue weighted by Gasteiger charge is -2.16. The fourth-order valence-electron chi connectivity index (χ4n) is 3.86. The molecule has 200 valence electrons. The van der Waals surface area contributed by atoms with Gasteiger partial charge in [0.25, 0.3) is 0 Å². The number of allylic oxidation sites excluding steroid dienone is 1. The van der Waals surface area contributed by atoms with Gasteiger partial charge < -0.3 is 18.9 Å². The molecule has 1 fully saturated rings. The Kier molecular flexibility index (Phi) is 12.3. The van der Waals surface area contributed by atoms with Crippen LogP contribution >= 0.6 is 0 Å². The molecule has 1 aliphatic rings. The average Bonchev–Trinajstić information content (AvgIpc) is 3.26. The highest BCUT2D eigenvalue weighted by Crippen LogP contribution is 2.23. The van der Waals surface area contributed by atoms with Gasteiger partial charge in [-0.1, -0.05) is 49.6 Å². The van der Waals surface area contributed by atoms with Crippen molar-refractivity contribution in [2.24, 2.45) is 10.2 Å². The number of esters is 1. The van der Waals surface area contributed by atoms with E-state index in [1.165, 1.54) is 6.42 Å². The van der Waals surface area contributed by atoms with E-state index < -0.39 is 5.79 Å². The quantitative estimate of drug-likeness (QED) is 0.0998. The monoisotopic (exact) mass is 508 g/mol. The molecule has 1 unspecified atom stereocenters. The molecule has 0 amide bonds. The molecule has 37 heavy (non-hydrogen) atoms. The van der Waals surface area contributed by atoms with E-state index in [1.54, 1.807) is 0 Å². The number of azo groups is 1. The van der Waals surface area contributed by atoms with Gasteiger partial charge >= 0.3 is 5.97 Å². The van der Waals surface area contributed by atoms with Gasteiger partial charge in [-0.05, 0) is 75.9 Å². The zero-order chi connectivity index (χ0) is 26.2. The van der Waals surface area contributed by atoms with Crippen LogP contribution in [0.2, 0.25) is 0 Å². The van der Waals surface area contributed by atoms with Crippen molar-refractivity contribution in [2.45, 2.75) is 77.1 Å². The van der Waals surface area contributed by atoms with Crippen LogP contribution in [0.15, 0.2) is 77.0 Å². The first-order chi connectivity index (χ1) is 18.0. The van der Waals surface area contributed by atoms with E-state index in [2.05, 4.69) is 22.4 Å². The Hall–Kier alpha value is -3.03. The number of nitrogens with zero attached hydrogens (tertiary/aromatic N) is 2. The first-order valence-electron chi connectivity index (χ1n) is 13.3. The molecule has 0 saturated carbocycles. The van der Waals surface area contributed by atoms with Crippen molar-refractivity contribution in [3.8, 4) is 5.75 Å². The van der Waals surface area contributed by atoms with Crippen LogP contribution in [-0.2, 0) is 19.0 Å². The van der Waals surface area contributed by atoms with Gasteiger partial charge in [0.15, 0.2) is 5.79 Å². The maximum absolute atomic E-state index is 11.9. The summed E-state index contributed by atoms with van der Waals surface area (Å²) in [6.07, 6.45) is 12.1. The number of carbonyl (C=O) groups excluding carboxylic acids is 1. The van der Waals surface area contributed by atoms with E-state index in [-0.39, 0.29) is 18.7 Å². The zero-order valence-electron chi connectivity index (χ0n) is 22.1. The molecule has 2 aromatic rings. The molecule has 0 aliphatic carbocycles. The number of benzene rings is 2. The van der Waals surface area contributed by atoms with Gasteiger partial charge in [-0.25, -0.2) is 0 Å². The molecular formula is C30H40N2O5. The summed E-state index contributed by atoms with van der Waals surface area (Å²) in [5.41, 5.74) is 1.63. The minimum Gasteiger partial charge on any atom is -0.493 e. The highest BCUT2D eigenvalue weighted by Gasteiger charge is 2.33. The summed E-state index contributed by atoms with van der Waals surface area (Å²) >= 11 is 0. The van der Waals surface area contributed by atoms with Gasteiger partial charge in [0.05, 0.1) is 24.6 Å². The van der Waals surface area contributed by atoms with Crippen LogP contribution in [0.3, 0.4) is 0 Å². The van der Waals surface area contributed by atoms with Crippen LogP contribution < -0.4 is 4.74 Å². The third kappa shape index (κ3) is 12.2. The van der Waals surface area contributed by atoms with E-state index in [0.717, 1.165) is 55.6 Å². The number of hydrogen-bond donors (Lipinski definition) is 0. The van der Waals surface area contributed by atoms with Crippen molar-refractivity contribution in [2.75, 3.05) is 19.8 Å². The van der Waals surface area contributed by atoms with Crippen molar-refractivity contribution in [3.63, 3.8) is 0 Å². The minimum absolute atomic E-state index is 0.150. The highest BCUT2D eigenvalue weighted by molar-refractivity contribution is 5.69. The van der Waals surface area contributed by atoms with E-state index in [0.29, 0.717) is 19.6 Å². The number of carbonyl (C=O) groups is 1. The molecule has 0 N–H and O–H groups in total. The molecule has 1 aliphatic heterocycles. The summed E-state index contributed by atoms with van der Waals surface area (Å²) in [5.74, 6) is 0.105. The van der Waals surface area contributed by atoms with E-state index in [9.17, 15) is 4.79 Å². The zero-order valence-corrected chi connectivity index (χ0v) is 22.1. The fraction of sp³-hybridized carbons (Fsp3) is 0.500. The number of unbranched alkanes of at least 4 members (excludes halogenated alkanes) is 5. The predicted molar refractivity (Wildman–Crippen MR) is 144 cm³/mol. The Morgan fingerprint density at radius 3 is 2.32 bits per heavy atom. The summed E-state index contributed by atoms with van der Waals surface area (Å²) in [6, 6.07) is 17.3. The van der Waals surface area contributed by atoms with Crippen molar-refractivity contribution in [1.29, 1.82) is 0 Å². The first-order valence-corrected chi connectivity index (χ1v) is 13.3. The van der Waals surface area contributed by atoms with Gasteiger partial charge in [-0.2, -0.15) is 10.2 Å². The van der Waals surface area contributed by atoms with Gasteiger partial charge in [0, 0.05) is 6.42 Å². The molecule has 0 radical (unpaired) electrons. The molecule has 0 aromatic heterocycles. The second kappa shape index (κ2) is 15.9. The largest absolute Gasteiger partial charge is 0.493 e. The second-order valence-electron chi connectivity index (χ2n) is 9.58. The molecule has 2 aromatic carbocycles. The third-order valence-corrected chi connectivity index (χ3v) is 5.84. The van der Waals surface area contributed by atoms with Crippen molar-refractivity contribution in [1.82, 2.24) is 0 Å². The summed E-state index contributed by atoms with van der Waals surface area (Å²) in [6.45, 7) is 5.12. The molecule has 1 atom stereocenters. The molecule has 1 heterocycles. The standard InChI is InChI=1S/C30H40N2O5/c1-30(2)36-24-28(37-30)23-35-29(33)17-13-8-6-4-3-5-7-9-14-22-34-27-20-18-26(19-21-27)32-31-25-15-11-10-12-16-25/h7,9-12,15-16,18-21,28H,3-6,8,13-14,17,22-24H2,1-2H3. The Labute approximate surface area is 220 Å². The van der Waals surface area contributed by atoms with Gasteiger partial charge in [0.2, 0.25) is 0 Å². The van der Waals surface area contributed by atoms with Crippen LogP contribution in [0.5, 0.6) is 5.75 Å². The van der Waals surface area contributed by atoms with Crippen molar-refractivity contribution >= 4 is 17.3 Å². The molecule has 7 nitrogen and oxygen atoms in total. The maximum atomic E-state index is 11.9. The van der Waals surface area contributed by atoms with Crippen LogP contribution in [0.1, 0.15) is 65.2 Å². The smallest absolute Gasteiger partial charge is 0.305 e. The van der Waals surface area contributed by atoms with Crippen LogP contribution in [0.25, 0.3) is 0 Å². The van der Waals surface area contributed by atoms with Crippen LogP contribution in [0.4, 0.5) is 11.4 Å². The third-order valence-electron chi connectivity index (χ3n) is 5.84.